The molecule has 20 heavy (non-hydrogen) atoms. The molecule has 1 saturated heterocycles. The van der Waals surface area contributed by atoms with E-state index in [0.29, 0.717) is 15.7 Å². The number of carbonyl (C=O) groups excluding carboxylic acids is 1. The largest absolute Gasteiger partial charge is 0.398 e. The van der Waals surface area contributed by atoms with Gasteiger partial charge < -0.3 is 10.6 Å². The van der Waals surface area contributed by atoms with Gasteiger partial charge in [0, 0.05) is 12.2 Å². The number of hydrogen-bond acceptors (Lipinski definition) is 3. The van der Waals surface area contributed by atoms with Crippen molar-refractivity contribution >= 4 is 38.9 Å². The lowest BCUT2D eigenvalue weighted by atomic mass is 10.1. The Morgan fingerprint density at radius 3 is 3.00 bits per heavy atom. The highest BCUT2D eigenvalue weighted by Crippen LogP contribution is 2.35. The van der Waals surface area contributed by atoms with Crippen molar-refractivity contribution in [2.75, 3.05) is 12.3 Å². The molecule has 1 atom stereocenters. The van der Waals surface area contributed by atoms with Crippen LogP contribution in [0.15, 0.2) is 39.5 Å². The van der Waals surface area contributed by atoms with Gasteiger partial charge in [0.1, 0.15) is 0 Å². The normalized spacial score (nSPS) is 18.4. The minimum absolute atomic E-state index is 0.0536. The number of nitrogen functional groups attached to an aromatic ring is 1. The summed E-state index contributed by atoms with van der Waals surface area (Å²) in [6, 6.07) is 7.74. The van der Waals surface area contributed by atoms with Gasteiger partial charge in [-0.15, -0.1) is 0 Å². The van der Waals surface area contributed by atoms with Crippen LogP contribution in [0.25, 0.3) is 0 Å². The summed E-state index contributed by atoms with van der Waals surface area (Å²) in [5.41, 5.74) is 8.35. The molecule has 5 heteroatoms. The van der Waals surface area contributed by atoms with Crippen molar-refractivity contribution < 1.29 is 4.79 Å². The first-order chi connectivity index (χ1) is 9.68. The van der Waals surface area contributed by atoms with E-state index in [2.05, 4.69) is 32.8 Å². The van der Waals surface area contributed by atoms with Crippen molar-refractivity contribution in [3.8, 4) is 0 Å². The Morgan fingerprint density at radius 1 is 1.40 bits per heavy atom. The highest BCUT2D eigenvalue weighted by atomic mass is 79.9. The van der Waals surface area contributed by atoms with E-state index in [4.69, 9.17) is 5.73 Å². The van der Waals surface area contributed by atoms with Gasteiger partial charge in [0.2, 0.25) is 0 Å². The number of nitrogens with two attached hydrogens (primary N) is 1. The van der Waals surface area contributed by atoms with Crippen LogP contribution >= 0.6 is 27.3 Å². The number of likely N-dealkylation sites (tertiary alicyclic amines) is 1. The molecular formula is C15H15BrN2OS. The monoisotopic (exact) mass is 350 g/mol. The molecule has 2 aromatic rings. The fourth-order valence-electron chi connectivity index (χ4n) is 2.69. The van der Waals surface area contributed by atoms with E-state index in [1.807, 2.05) is 17.0 Å². The molecule has 2 N–H and O–H groups in total. The van der Waals surface area contributed by atoms with Crippen molar-refractivity contribution in [2.45, 2.75) is 18.9 Å². The van der Waals surface area contributed by atoms with Crippen molar-refractivity contribution in [2.24, 2.45) is 0 Å². The third-order valence-corrected chi connectivity index (χ3v) is 5.29. The fourth-order valence-corrected chi connectivity index (χ4v) is 3.83. The summed E-state index contributed by atoms with van der Waals surface area (Å²) >= 11 is 5.10. The summed E-state index contributed by atoms with van der Waals surface area (Å²) in [4.78, 5) is 14.7. The Kier molecular flexibility index (Phi) is 3.81. The minimum atomic E-state index is 0.0536. The van der Waals surface area contributed by atoms with Crippen LogP contribution in [0.3, 0.4) is 0 Å². The SMILES string of the molecule is Nc1cccc(C(=O)N2CCCC2c2ccsc2)c1Br. The predicted octanol–water partition coefficient (Wildman–Crippen LogP) is 4.07. The van der Waals surface area contributed by atoms with Crippen LogP contribution in [-0.4, -0.2) is 17.4 Å². The van der Waals surface area contributed by atoms with E-state index in [1.54, 1.807) is 17.4 Å². The molecule has 0 bridgehead atoms. The van der Waals surface area contributed by atoms with Crippen molar-refractivity contribution in [3.63, 3.8) is 0 Å². The molecule has 1 fully saturated rings. The number of hydrogen-bond donors (Lipinski definition) is 1. The second-order valence-electron chi connectivity index (χ2n) is 4.92. The lowest BCUT2D eigenvalue weighted by molar-refractivity contribution is 0.0735. The summed E-state index contributed by atoms with van der Waals surface area (Å²) < 4.78 is 0.695. The van der Waals surface area contributed by atoms with Gasteiger partial charge in [-0.3, -0.25) is 4.79 Å². The molecule has 0 spiro atoms. The van der Waals surface area contributed by atoms with Crippen molar-refractivity contribution in [1.29, 1.82) is 0 Å². The summed E-state index contributed by atoms with van der Waals surface area (Å²) in [7, 11) is 0. The maximum atomic E-state index is 12.8. The summed E-state index contributed by atoms with van der Waals surface area (Å²) in [6.07, 6.45) is 2.08. The first kappa shape index (κ1) is 13.6. The molecular weight excluding hydrogens is 336 g/mol. The van der Waals surface area contributed by atoms with Gasteiger partial charge in [-0.25, -0.2) is 0 Å². The Bertz CT molecular complexity index is 627. The number of thiophene rings is 1. The van der Waals surface area contributed by atoms with Gasteiger partial charge in [-0.05, 0) is 63.3 Å². The molecule has 1 aliphatic rings. The zero-order chi connectivity index (χ0) is 14.1. The van der Waals surface area contributed by atoms with Crippen LogP contribution < -0.4 is 5.73 Å². The molecule has 0 radical (unpaired) electrons. The highest BCUT2D eigenvalue weighted by molar-refractivity contribution is 9.10. The zero-order valence-corrected chi connectivity index (χ0v) is 13.3. The van der Waals surface area contributed by atoms with Crippen LogP contribution in [0, 0.1) is 0 Å². The van der Waals surface area contributed by atoms with E-state index >= 15 is 0 Å². The third kappa shape index (κ3) is 2.36. The second kappa shape index (κ2) is 5.58. The number of anilines is 1. The average molecular weight is 351 g/mol. The molecule has 0 aliphatic carbocycles. The van der Waals surface area contributed by atoms with Crippen LogP contribution in [0.4, 0.5) is 5.69 Å². The predicted molar refractivity (Wildman–Crippen MR) is 85.9 cm³/mol. The standard InChI is InChI=1S/C15H15BrN2OS/c16-14-11(3-1-4-12(14)17)15(19)18-7-2-5-13(18)10-6-8-20-9-10/h1,3-4,6,8-9,13H,2,5,7,17H2. The molecule has 104 valence electrons. The lowest BCUT2D eigenvalue weighted by Gasteiger charge is -2.25. The molecule has 3 nitrogen and oxygen atoms in total. The Hall–Kier alpha value is -1.33. The van der Waals surface area contributed by atoms with Gasteiger partial charge in [0.15, 0.2) is 0 Å². The maximum Gasteiger partial charge on any atom is 0.255 e. The van der Waals surface area contributed by atoms with Crippen LogP contribution in [0.1, 0.15) is 34.8 Å². The Labute approximate surface area is 130 Å². The number of carbonyl (C=O) groups is 1. The summed E-state index contributed by atoms with van der Waals surface area (Å²) in [5.74, 6) is 0.0536. The van der Waals surface area contributed by atoms with Crippen LogP contribution in [-0.2, 0) is 0 Å². The van der Waals surface area contributed by atoms with Gasteiger partial charge in [0.05, 0.1) is 16.1 Å². The molecule has 1 aromatic carbocycles. The minimum Gasteiger partial charge on any atom is -0.398 e. The first-order valence-corrected chi connectivity index (χ1v) is 8.29. The molecule has 1 aliphatic heterocycles. The van der Waals surface area contributed by atoms with Crippen molar-refractivity contribution in [1.82, 2.24) is 4.90 Å². The van der Waals surface area contributed by atoms with Gasteiger partial charge >= 0.3 is 0 Å². The fraction of sp³-hybridized carbons (Fsp3) is 0.267. The molecule has 2 heterocycles. The van der Waals surface area contributed by atoms with Crippen molar-refractivity contribution in [3.05, 3.63) is 50.6 Å². The Balaban J connectivity index is 1.92. The van der Waals surface area contributed by atoms with E-state index in [1.165, 1.54) is 5.56 Å². The molecule has 1 aromatic heterocycles. The number of amides is 1. The van der Waals surface area contributed by atoms with E-state index < -0.39 is 0 Å². The summed E-state index contributed by atoms with van der Waals surface area (Å²) in [6.45, 7) is 0.806. The molecule has 3 rings (SSSR count). The van der Waals surface area contributed by atoms with Gasteiger partial charge in [0.25, 0.3) is 5.91 Å². The zero-order valence-electron chi connectivity index (χ0n) is 10.9. The second-order valence-corrected chi connectivity index (χ2v) is 6.50. The number of nitrogens with zero attached hydrogens (tertiary/aromatic N) is 1. The third-order valence-electron chi connectivity index (χ3n) is 3.70. The quantitative estimate of drug-likeness (QED) is 0.829. The first-order valence-electron chi connectivity index (χ1n) is 6.55. The lowest BCUT2D eigenvalue weighted by Crippen LogP contribution is -2.30. The average Bonchev–Trinajstić information content (AvgIpc) is 3.10. The maximum absolute atomic E-state index is 12.8. The number of halogens is 1. The molecule has 0 saturated carbocycles. The number of rotatable bonds is 2. The number of benzene rings is 1. The van der Waals surface area contributed by atoms with Gasteiger partial charge in [-0.1, -0.05) is 6.07 Å². The van der Waals surface area contributed by atoms with E-state index in [-0.39, 0.29) is 11.9 Å². The topological polar surface area (TPSA) is 46.3 Å². The Morgan fingerprint density at radius 2 is 2.25 bits per heavy atom. The van der Waals surface area contributed by atoms with E-state index in [0.717, 1.165) is 19.4 Å². The van der Waals surface area contributed by atoms with Gasteiger partial charge in [-0.2, -0.15) is 11.3 Å². The smallest absolute Gasteiger partial charge is 0.255 e. The van der Waals surface area contributed by atoms with Crippen LogP contribution in [0.5, 0.6) is 0 Å². The van der Waals surface area contributed by atoms with E-state index in [9.17, 15) is 4.79 Å². The molecule has 1 amide bonds. The summed E-state index contributed by atoms with van der Waals surface area (Å²) in [5, 5.41) is 4.19. The van der Waals surface area contributed by atoms with Crippen LogP contribution in [0.2, 0.25) is 0 Å². The highest BCUT2D eigenvalue weighted by Gasteiger charge is 2.31. The molecule has 1 unspecified atom stereocenters.